The van der Waals surface area contributed by atoms with Crippen LogP contribution in [-0.2, 0) is 11.0 Å². The van der Waals surface area contributed by atoms with E-state index in [-0.39, 0.29) is 6.04 Å². The lowest BCUT2D eigenvalue weighted by atomic mass is 9.98. The van der Waals surface area contributed by atoms with Gasteiger partial charge in [-0.3, -0.25) is 5.14 Å². The Labute approximate surface area is 201 Å². The second kappa shape index (κ2) is 9.44. The number of aromatic amines is 1. The van der Waals surface area contributed by atoms with Crippen molar-refractivity contribution in [2.24, 2.45) is 5.14 Å². The first kappa shape index (κ1) is 22.4. The zero-order valence-electron chi connectivity index (χ0n) is 17.8. The van der Waals surface area contributed by atoms with Crippen molar-refractivity contribution in [3.63, 3.8) is 0 Å². The molecule has 33 heavy (non-hydrogen) atoms. The molecule has 2 unspecified atom stereocenters. The summed E-state index contributed by atoms with van der Waals surface area (Å²) in [5.41, 5.74) is 9.13. The Hall–Kier alpha value is -2.42. The fraction of sp³-hybridized carbons (Fsp3) is 0.300. The maximum absolute atomic E-state index is 13.7. The van der Waals surface area contributed by atoms with Gasteiger partial charge in [-0.25, -0.2) is 13.5 Å². The number of anilines is 1. The van der Waals surface area contributed by atoms with Crippen LogP contribution < -0.4 is 16.2 Å². The molecule has 2 aromatic carbocycles. The van der Waals surface area contributed by atoms with Crippen molar-refractivity contribution in [3.8, 4) is 22.5 Å². The van der Waals surface area contributed by atoms with Gasteiger partial charge < -0.3 is 11.1 Å². The number of aromatic nitrogens is 5. The zero-order valence-corrected chi connectivity index (χ0v) is 20.3. The normalized spacial score (nSPS) is 17.6. The Morgan fingerprint density at radius 2 is 2.15 bits per heavy atom. The van der Waals surface area contributed by atoms with Crippen molar-refractivity contribution in [1.82, 2.24) is 35.2 Å². The molecule has 13 heteroatoms. The number of para-hydroxylation sites is 1. The summed E-state index contributed by atoms with van der Waals surface area (Å²) >= 11 is 2.46. The van der Waals surface area contributed by atoms with Crippen LogP contribution in [0.5, 0.6) is 0 Å². The summed E-state index contributed by atoms with van der Waals surface area (Å²) in [6, 6.07) is 9.88. The van der Waals surface area contributed by atoms with Crippen LogP contribution >= 0.6 is 23.3 Å². The number of tetrazole rings is 1. The lowest BCUT2D eigenvalue weighted by Gasteiger charge is -2.31. The molecule has 0 bridgehead atoms. The highest BCUT2D eigenvalue weighted by atomic mass is 32.2. The van der Waals surface area contributed by atoms with Gasteiger partial charge in [0.15, 0.2) is 5.13 Å². The third kappa shape index (κ3) is 4.16. The molecule has 4 aromatic rings. The molecule has 3 heterocycles. The smallest absolute Gasteiger partial charge is 0.206 e. The monoisotopic (exact) mass is 501 g/mol. The van der Waals surface area contributed by atoms with E-state index in [1.165, 1.54) is 11.3 Å². The summed E-state index contributed by atoms with van der Waals surface area (Å²) in [4.78, 5) is 5.79. The van der Waals surface area contributed by atoms with E-state index in [4.69, 9.17) is 10.9 Å². The number of rotatable bonds is 6. The number of hydrogen-bond donors (Lipinski definition) is 4. The maximum atomic E-state index is 13.7. The molecule has 2 aromatic heterocycles. The molecule has 0 saturated carbocycles. The summed E-state index contributed by atoms with van der Waals surface area (Å²) in [5.74, 6) is 0.374. The Morgan fingerprint density at radius 1 is 1.27 bits per heavy atom. The first-order chi connectivity index (χ1) is 16.1. The van der Waals surface area contributed by atoms with Crippen molar-refractivity contribution >= 4 is 49.6 Å². The second-order valence-corrected chi connectivity index (χ2v) is 10.9. The van der Waals surface area contributed by atoms with Crippen LogP contribution in [0.15, 0.2) is 40.1 Å². The highest BCUT2D eigenvalue weighted by Crippen LogP contribution is 2.43. The van der Waals surface area contributed by atoms with E-state index < -0.39 is 11.0 Å². The fourth-order valence-corrected chi connectivity index (χ4v) is 6.98. The van der Waals surface area contributed by atoms with Gasteiger partial charge in [0.2, 0.25) is 5.82 Å². The molecule has 5 rings (SSSR count). The standard InChI is InChI=1S/C20H23N9OS3/c1-29(11-4-3-9-23-10-11)33(30)15-8-7-12(16(18(15)32-22)19-25-27-28-26-19)13-5-2-6-14-17(13)24-20(21)31-14/h2,5-8,11,23H,3-4,9-10,22H2,1H3,(H2,21,24)(H,25,26,27,28). The van der Waals surface area contributed by atoms with Crippen LogP contribution in [0.2, 0.25) is 0 Å². The average Bonchev–Trinajstić information content (AvgIpc) is 3.51. The van der Waals surface area contributed by atoms with E-state index in [0.717, 1.165) is 59.2 Å². The lowest BCUT2D eigenvalue weighted by molar-refractivity contribution is 0.311. The number of fused-ring (bicyclic) bond motifs is 1. The summed E-state index contributed by atoms with van der Waals surface area (Å²) in [7, 11) is 0.464. The van der Waals surface area contributed by atoms with E-state index in [2.05, 4.69) is 30.9 Å². The number of nitrogens with zero attached hydrogens (tertiary/aromatic N) is 5. The number of piperidine rings is 1. The molecule has 172 valence electrons. The molecule has 6 N–H and O–H groups in total. The van der Waals surface area contributed by atoms with E-state index in [1.54, 1.807) is 0 Å². The number of benzene rings is 2. The molecular formula is C20H23N9OS3. The topological polar surface area (TPSA) is 152 Å². The SMILES string of the molecule is CN(C1CCCNC1)S(=O)c1ccc(-c2cccc3sc(N)nc23)c(-c2nn[nH]n2)c1SN. The fourth-order valence-electron chi connectivity index (χ4n) is 4.15. The highest BCUT2D eigenvalue weighted by molar-refractivity contribution is 7.97. The molecule has 0 aliphatic carbocycles. The largest absolute Gasteiger partial charge is 0.375 e. The van der Waals surface area contributed by atoms with Crippen LogP contribution in [-0.4, -0.2) is 60.3 Å². The van der Waals surface area contributed by atoms with Crippen LogP contribution in [0.4, 0.5) is 5.13 Å². The van der Waals surface area contributed by atoms with E-state index >= 15 is 0 Å². The Balaban J connectivity index is 1.68. The molecule has 0 amide bonds. The minimum atomic E-state index is -1.42. The summed E-state index contributed by atoms with van der Waals surface area (Å²) in [6.45, 7) is 1.79. The van der Waals surface area contributed by atoms with Crippen molar-refractivity contribution in [2.75, 3.05) is 25.9 Å². The van der Waals surface area contributed by atoms with Crippen LogP contribution in [0, 0.1) is 0 Å². The number of H-pyrrole nitrogens is 1. The summed E-state index contributed by atoms with van der Waals surface area (Å²) in [6.07, 6.45) is 2.04. The summed E-state index contributed by atoms with van der Waals surface area (Å²) < 4.78 is 16.5. The average molecular weight is 502 g/mol. The molecule has 1 aliphatic heterocycles. The molecule has 1 saturated heterocycles. The first-order valence-corrected chi connectivity index (χ1v) is 13.2. The van der Waals surface area contributed by atoms with Crippen LogP contribution in [0.1, 0.15) is 12.8 Å². The van der Waals surface area contributed by atoms with Gasteiger partial charge >= 0.3 is 0 Å². The minimum absolute atomic E-state index is 0.176. The van der Waals surface area contributed by atoms with Gasteiger partial charge in [0.05, 0.1) is 20.0 Å². The summed E-state index contributed by atoms with van der Waals surface area (Å²) in [5, 5.41) is 24.7. The molecule has 0 radical (unpaired) electrons. The maximum Gasteiger partial charge on any atom is 0.206 e. The van der Waals surface area contributed by atoms with Crippen LogP contribution in [0.25, 0.3) is 32.7 Å². The van der Waals surface area contributed by atoms with Gasteiger partial charge in [-0.1, -0.05) is 29.5 Å². The minimum Gasteiger partial charge on any atom is -0.375 e. The molecule has 1 fully saturated rings. The number of thiazole rings is 1. The highest BCUT2D eigenvalue weighted by Gasteiger charge is 2.28. The molecule has 1 aliphatic rings. The van der Waals surface area contributed by atoms with Gasteiger partial charge in [-0.2, -0.15) is 5.21 Å². The quantitative estimate of drug-likeness (QED) is 0.292. The first-order valence-electron chi connectivity index (χ1n) is 10.4. The van der Waals surface area contributed by atoms with E-state index in [0.29, 0.717) is 26.3 Å². The predicted molar refractivity (Wildman–Crippen MR) is 133 cm³/mol. The molecule has 10 nitrogen and oxygen atoms in total. The van der Waals surface area contributed by atoms with E-state index in [1.807, 2.05) is 41.7 Å². The van der Waals surface area contributed by atoms with Gasteiger partial charge in [0.25, 0.3) is 0 Å². The lowest BCUT2D eigenvalue weighted by Crippen LogP contribution is -2.44. The zero-order chi connectivity index (χ0) is 22.9. The van der Waals surface area contributed by atoms with Crippen molar-refractivity contribution in [3.05, 3.63) is 30.3 Å². The van der Waals surface area contributed by atoms with Gasteiger partial charge in [-0.15, -0.1) is 10.2 Å². The molecule has 0 spiro atoms. The third-order valence-corrected chi connectivity index (χ3v) is 8.95. The van der Waals surface area contributed by atoms with Crippen molar-refractivity contribution in [2.45, 2.75) is 28.7 Å². The molecular weight excluding hydrogens is 478 g/mol. The van der Waals surface area contributed by atoms with Crippen molar-refractivity contribution in [1.29, 1.82) is 0 Å². The Morgan fingerprint density at radius 3 is 2.88 bits per heavy atom. The van der Waals surface area contributed by atoms with E-state index in [9.17, 15) is 4.21 Å². The Kier molecular flexibility index (Phi) is 6.40. The number of nitrogens with one attached hydrogen (secondary N) is 2. The third-order valence-electron chi connectivity index (χ3n) is 5.77. The van der Waals surface area contributed by atoms with Gasteiger partial charge in [-0.05, 0) is 54.2 Å². The van der Waals surface area contributed by atoms with Gasteiger partial charge in [0, 0.05) is 30.8 Å². The second-order valence-electron chi connectivity index (χ2n) is 7.67. The number of nitrogen functional groups attached to an aromatic ring is 1. The van der Waals surface area contributed by atoms with Crippen molar-refractivity contribution < 1.29 is 4.21 Å². The van der Waals surface area contributed by atoms with Crippen LogP contribution in [0.3, 0.4) is 0 Å². The number of hydrogen-bond acceptors (Lipinski definition) is 10. The Bertz CT molecular complexity index is 1300. The number of likely N-dealkylation sites (N-methyl/N-ethyl adjacent to an activating group) is 1. The van der Waals surface area contributed by atoms with Gasteiger partial charge in [0.1, 0.15) is 11.0 Å². The number of nitrogens with two attached hydrogens (primary N) is 2. The predicted octanol–water partition coefficient (Wildman–Crippen LogP) is 2.40. The molecule has 2 atom stereocenters.